The van der Waals surface area contributed by atoms with Crippen LogP contribution in [0, 0.1) is 0 Å². The predicted molar refractivity (Wildman–Crippen MR) is 93.2 cm³/mol. The molecule has 2 aromatic rings. The largest absolute Gasteiger partial charge is 0.389 e. The monoisotopic (exact) mass is 312 g/mol. The van der Waals surface area contributed by atoms with E-state index in [1.165, 1.54) is 0 Å². The van der Waals surface area contributed by atoms with Crippen LogP contribution < -0.4 is 5.73 Å². The van der Waals surface area contributed by atoms with Crippen LogP contribution in [-0.2, 0) is 4.84 Å². The van der Waals surface area contributed by atoms with Crippen LogP contribution in [-0.4, -0.2) is 22.6 Å². The molecule has 0 heterocycles. The van der Waals surface area contributed by atoms with Crippen molar-refractivity contribution in [3.8, 4) is 0 Å². The maximum atomic E-state index is 10.7. The lowest BCUT2D eigenvalue weighted by molar-refractivity contribution is -0.00140. The molecule has 122 valence electrons. The zero-order valence-electron chi connectivity index (χ0n) is 13.8. The molecule has 3 N–H and O–H groups in total. The van der Waals surface area contributed by atoms with Crippen molar-refractivity contribution in [2.75, 3.05) is 0 Å². The molecule has 0 bridgehead atoms. The van der Waals surface area contributed by atoms with Crippen LogP contribution in [0.2, 0.25) is 0 Å². The smallest absolute Gasteiger partial charge is 0.169 e. The third-order valence-electron chi connectivity index (χ3n) is 3.36. The molecule has 0 saturated heterocycles. The number of oxime groups is 1. The fourth-order valence-corrected chi connectivity index (χ4v) is 2.29. The molecular weight excluding hydrogens is 288 g/mol. The second kappa shape index (κ2) is 7.29. The van der Waals surface area contributed by atoms with E-state index in [4.69, 9.17) is 10.6 Å². The Morgan fingerprint density at radius 2 is 1.39 bits per heavy atom. The van der Waals surface area contributed by atoms with E-state index in [1.54, 1.807) is 0 Å². The number of hydrogen-bond donors (Lipinski definition) is 2. The average Bonchev–Trinajstić information content (AvgIpc) is 2.54. The first-order chi connectivity index (χ1) is 10.9. The van der Waals surface area contributed by atoms with Gasteiger partial charge >= 0.3 is 0 Å². The number of amidine groups is 1. The highest BCUT2D eigenvalue weighted by molar-refractivity contribution is 5.85. The summed E-state index contributed by atoms with van der Waals surface area (Å²) in [6, 6.07) is 19.5. The summed E-state index contributed by atoms with van der Waals surface area (Å²) in [5, 5.41) is 14.7. The maximum absolute atomic E-state index is 10.7. The van der Waals surface area contributed by atoms with E-state index < -0.39 is 11.7 Å². The van der Waals surface area contributed by atoms with Crippen molar-refractivity contribution < 1.29 is 9.94 Å². The van der Waals surface area contributed by atoms with Crippen molar-refractivity contribution in [3.05, 3.63) is 71.8 Å². The molecule has 4 nitrogen and oxygen atoms in total. The topological polar surface area (TPSA) is 67.8 Å². The molecule has 1 unspecified atom stereocenters. The molecule has 1 atom stereocenters. The highest BCUT2D eigenvalue weighted by atomic mass is 16.6. The lowest BCUT2D eigenvalue weighted by Gasteiger charge is -2.24. The van der Waals surface area contributed by atoms with Crippen LogP contribution in [0.25, 0.3) is 0 Å². The van der Waals surface area contributed by atoms with Crippen molar-refractivity contribution in [2.45, 2.75) is 38.4 Å². The Hall–Kier alpha value is -2.33. The molecule has 23 heavy (non-hydrogen) atoms. The van der Waals surface area contributed by atoms with Gasteiger partial charge in [-0.15, -0.1) is 0 Å². The van der Waals surface area contributed by atoms with E-state index >= 15 is 0 Å². The number of nitrogens with two attached hydrogens (primary N) is 1. The molecule has 0 amide bonds. The van der Waals surface area contributed by atoms with Gasteiger partial charge in [0.2, 0.25) is 0 Å². The third-order valence-corrected chi connectivity index (χ3v) is 3.36. The normalized spacial score (nSPS) is 13.9. The molecule has 2 rings (SSSR count). The number of hydrogen-bond acceptors (Lipinski definition) is 3. The molecule has 0 radical (unpaired) electrons. The minimum atomic E-state index is -0.970. The quantitative estimate of drug-likeness (QED) is 0.506. The summed E-state index contributed by atoms with van der Waals surface area (Å²) >= 11 is 0. The van der Waals surface area contributed by atoms with Crippen LogP contribution in [0.5, 0.6) is 0 Å². The molecule has 0 aliphatic carbocycles. The van der Waals surface area contributed by atoms with Crippen molar-refractivity contribution in [3.63, 3.8) is 0 Å². The van der Waals surface area contributed by atoms with Crippen LogP contribution in [0.15, 0.2) is 65.8 Å². The number of benzene rings is 2. The number of aliphatic hydroxyl groups excluding tert-OH is 1. The van der Waals surface area contributed by atoms with Crippen LogP contribution in [0.3, 0.4) is 0 Å². The average molecular weight is 312 g/mol. The van der Waals surface area contributed by atoms with Gasteiger partial charge in [0.15, 0.2) is 5.84 Å². The standard InChI is InChI=1S/C19H24N2O2/c1-19(2,3)23-21-18(20)17(22)16(14-10-6-4-7-11-14)15-12-8-5-9-13-15/h4-13,16-17,22H,1-3H3,(H2,20,21). The van der Waals surface area contributed by atoms with Gasteiger partial charge < -0.3 is 15.7 Å². The first kappa shape index (κ1) is 17.0. The summed E-state index contributed by atoms with van der Waals surface area (Å²) in [5.41, 5.74) is 7.46. The summed E-state index contributed by atoms with van der Waals surface area (Å²) in [6.07, 6.45) is -0.970. The predicted octanol–water partition coefficient (Wildman–Crippen LogP) is 3.27. The molecule has 0 spiro atoms. The summed E-state index contributed by atoms with van der Waals surface area (Å²) in [5.74, 6) is -0.234. The Kier molecular flexibility index (Phi) is 5.40. The second-order valence-corrected chi connectivity index (χ2v) is 6.46. The summed E-state index contributed by atoms with van der Waals surface area (Å²) in [4.78, 5) is 5.34. The van der Waals surface area contributed by atoms with E-state index in [1.807, 2.05) is 81.4 Å². The van der Waals surface area contributed by atoms with Crippen LogP contribution >= 0.6 is 0 Å². The Morgan fingerprint density at radius 1 is 0.957 bits per heavy atom. The molecule has 0 aliphatic rings. The first-order valence-corrected chi connectivity index (χ1v) is 7.68. The van der Waals surface area contributed by atoms with Crippen molar-refractivity contribution in [1.29, 1.82) is 0 Å². The minimum absolute atomic E-state index is 0.0673. The fraction of sp³-hybridized carbons (Fsp3) is 0.316. The zero-order chi connectivity index (χ0) is 16.9. The Balaban J connectivity index is 2.34. The first-order valence-electron chi connectivity index (χ1n) is 7.68. The highest BCUT2D eigenvalue weighted by Crippen LogP contribution is 2.28. The molecule has 2 aromatic carbocycles. The van der Waals surface area contributed by atoms with E-state index in [0.29, 0.717) is 0 Å². The molecular formula is C19H24N2O2. The van der Waals surface area contributed by atoms with Gasteiger partial charge in [0.25, 0.3) is 0 Å². The van der Waals surface area contributed by atoms with E-state index in [-0.39, 0.29) is 11.8 Å². The van der Waals surface area contributed by atoms with Gasteiger partial charge in [-0.05, 0) is 31.9 Å². The Labute approximate surface area is 137 Å². The Bertz CT molecular complexity index is 594. The number of nitrogens with zero attached hydrogens (tertiary/aromatic N) is 1. The summed E-state index contributed by atoms with van der Waals surface area (Å²) in [7, 11) is 0. The van der Waals surface area contributed by atoms with E-state index in [2.05, 4.69) is 5.16 Å². The second-order valence-electron chi connectivity index (χ2n) is 6.46. The van der Waals surface area contributed by atoms with E-state index in [9.17, 15) is 5.11 Å². The van der Waals surface area contributed by atoms with Gasteiger partial charge in [-0.1, -0.05) is 65.8 Å². The highest BCUT2D eigenvalue weighted by Gasteiger charge is 2.27. The van der Waals surface area contributed by atoms with Crippen molar-refractivity contribution >= 4 is 5.84 Å². The van der Waals surface area contributed by atoms with Gasteiger partial charge in [0, 0.05) is 5.92 Å². The minimum Gasteiger partial charge on any atom is -0.389 e. The van der Waals surface area contributed by atoms with Gasteiger partial charge in [0.05, 0.1) is 0 Å². The molecule has 0 fully saturated rings. The molecule has 0 saturated carbocycles. The number of aliphatic hydroxyl groups is 1. The Morgan fingerprint density at radius 3 is 1.78 bits per heavy atom. The molecule has 0 aromatic heterocycles. The van der Waals surface area contributed by atoms with Crippen LogP contribution in [0.1, 0.15) is 37.8 Å². The van der Waals surface area contributed by atoms with Gasteiger partial charge in [-0.25, -0.2) is 0 Å². The number of rotatable bonds is 5. The lowest BCUT2D eigenvalue weighted by atomic mass is 9.86. The van der Waals surface area contributed by atoms with Crippen LogP contribution in [0.4, 0.5) is 0 Å². The van der Waals surface area contributed by atoms with E-state index in [0.717, 1.165) is 11.1 Å². The summed E-state index contributed by atoms with van der Waals surface area (Å²) < 4.78 is 0. The van der Waals surface area contributed by atoms with Crippen molar-refractivity contribution in [1.82, 2.24) is 0 Å². The SMILES string of the molecule is CC(C)(C)O/N=C(\N)C(O)C(c1ccccc1)c1ccccc1. The summed E-state index contributed by atoms with van der Waals surface area (Å²) in [6.45, 7) is 5.63. The zero-order valence-corrected chi connectivity index (χ0v) is 13.8. The van der Waals surface area contributed by atoms with Gasteiger partial charge in [-0.3, -0.25) is 0 Å². The molecule has 4 heteroatoms. The van der Waals surface area contributed by atoms with Gasteiger partial charge in [-0.2, -0.15) is 0 Å². The molecule has 0 aliphatic heterocycles. The lowest BCUT2D eigenvalue weighted by Crippen LogP contribution is -2.36. The van der Waals surface area contributed by atoms with Crippen molar-refractivity contribution in [2.24, 2.45) is 10.9 Å². The van der Waals surface area contributed by atoms with Gasteiger partial charge in [0.1, 0.15) is 11.7 Å². The third kappa shape index (κ3) is 4.83. The maximum Gasteiger partial charge on any atom is 0.169 e. The fourth-order valence-electron chi connectivity index (χ4n) is 2.29.